The Morgan fingerprint density at radius 2 is 2.12 bits per heavy atom. The van der Waals surface area contributed by atoms with Crippen LogP contribution in [0.15, 0.2) is 0 Å². The number of rotatable bonds is 4. The quantitative estimate of drug-likeness (QED) is 0.784. The SMILES string of the molecule is O=C(CC1CSCCN1)OCC1CCCCC1. The second kappa shape index (κ2) is 7.27. The van der Waals surface area contributed by atoms with Gasteiger partial charge in [-0.25, -0.2) is 0 Å². The molecule has 0 aromatic carbocycles. The summed E-state index contributed by atoms with van der Waals surface area (Å²) in [5.74, 6) is 2.81. The summed E-state index contributed by atoms with van der Waals surface area (Å²) in [5.41, 5.74) is 0. The summed E-state index contributed by atoms with van der Waals surface area (Å²) in [6.07, 6.45) is 7.00. The number of nitrogens with one attached hydrogen (secondary N) is 1. The molecule has 1 saturated carbocycles. The molecule has 0 aromatic heterocycles. The Morgan fingerprint density at radius 1 is 1.29 bits per heavy atom. The highest BCUT2D eigenvalue weighted by atomic mass is 32.2. The van der Waals surface area contributed by atoms with Crippen molar-refractivity contribution in [1.82, 2.24) is 5.32 Å². The fraction of sp³-hybridized carbons (Fsp3) is 0.923. The molecule has 4 heteroatoms. The predicted molar refractivity (Wildman–Crippen MR) is 71.3 cm³/mol. The van der Waals surface area contributed by atoms with Gasteiger partial charge in [-0.05, 0) is 18.8 Å². The highest BCUT2D eigenvalue weighted by Gasteiger charge is 2.19. The number of thioether (sulfide) groups is 1. The number of hydrogen-bond acceptors (Lipinski definition) is 4. The molecular formula is C13H23NO2S. The van der Waals surface area contributed by atoms with Crippen LogP contribution < -0.4 is 5.32 Å². The first-order chi connectivity index (χ1) is 8.34. The molecule has 0 radical (unpaired) electrons. The van der Waals surface area contributed by atoms with Gasteiger partial charge in [0.1, 0.15) is 0 Å². The maximum atomic E-state index is 11.7. The number of carbonyl (C=O) groups is 1. The average molecular weight is 257 g/mol. The Balaban J connectivity index is 1.59. The van der Waals surface area contributed by atoms with Crippen LogP contribution in [-0.2, 0) is 9.53 Å². The zero-order valence-corrected chi connectivity index (χ0v) is 11.3. The molecular weight excluding hydrogens is 234 g/mol. The largest absolute Gasteiger partial charge is 0.465 e. The van der Waals surface area contributed by atoms with Crippen LogP contribution in [0.2, 0.25) is 0 Å². The summed E-state index contributed by atoms with van der Waals surface area (Å²) < 4.78 is 5.40. The standard InChI is InChI=1S/C13H23NO2S/c15-13(8-12-10-17-7-6-14-12)16-9-11-4-2-1-3-5-11/h11-12,14H,1-10H2. The van der Waals surface area contributed by atoms with Gasteiger partial charge in [-0.1, -0.05) is 19.3 Å². The van der Waals surface area contributed by atoms with Gasteiger partial charge in [-0.15, -0.1) is 0 Å². The van der Waals surface area contributed by atoms with E-state index in [4.69, 9.17) is 4.74 Å². The van der Waals surface area contributed by atoms with E-state index < -0.39 is 0 Å². The summed E-state index contributed by atoms with van der Waals surface area (Å²) in [4.78, 5) is 11.7. The van der Waals surface area contributed by atoms with Crippen LogP contribution in [0, 0.1) is 5.92 Å². The lowest BCUT2D eigenvalue weighted by Gasteiger charge is -2.24. The Labute approximate surface area is 108 Å². The topological polar surface area (TPSA) is 38.3 Å². The minimum atomic E-state index is -0.0180. The van der Waals surface area contributed by atoms with Crippen LogP contribution in [-0.4, -0.2) is 36.7 Å². The van der Waals surface area contributed by atoms with Crippen LogP contribution in [0.5, 0.6) is 0 Å². The van der Waals surface area contributed by atoms with Crippen molar-refractivity contribution in [2.24, 2.45) is 5.92 Å². The molecule has 0 aromatic rings. The van der Waals surface area contributed by atoms with Crippen LogP contribution in [0.1, 0.15) is 38.5 Å². The van der Waals surface area contributed by atoms with Gasteiger partial charge in [0, 0.05) is 24.1 Å². The van der Waals surface area contributed by atoms with Gasteiger partial charge in [-0.2, -0.15) is 11.8 Å². The van der Waals surface area contributed by atoms with Crippen molar-refractivity contribution in [3.05, 3.63) is 0 Å². The second-order valence-corrected chi connectivity index (χ2v) is 6.27. The first-order valence-electron chi connectivity index (χ1n) is 6.81. The Kier molecular flexibility index (Phi) is 5.65. The molecule has 1 unspecified atom stereocenters. The molecule has 2 fully saturated rings. The molecule has 98 valence electrons. The Bertz CT molecular complexity index is 236. The highest BCUT2D eigenvalue weighted by Crippen LogP contribution is 2.23. The highest BCUT2D eigenvalue weighted by molar-refractivity contribution is 7.99. The van der Waals surface area contributed by atoms with E-state index in [1.54, 1.807) is 0 Å². The Hall–Kier alpha value is -0.220. The fourth-order valence-corrected chi connectivity index (χ4v) is 3.52. The molecule has 1 saturated heterocycles. The van der Waals surface area contributed by atoms with E-state index in [9.17, 15) is 4.79 Å². The van der Waals surface area contributed by atoms with Crippen molar-refractivity contribution in [2.45, 2.75) is 44.6 Å². The molecule has 0 amide bonds. The van der Waals surface area contributed by atoms with Gasteiger partial charge < -0.3 is 10.1 Å². The normalized spacial score (nSPS) is 26.7. The number of ether oxygens (including phenoxy) is 1. The molecule has 1 N–H and O–H groups in total. The van der Waals surface area contributed by atoms with Gasteiger partial charge in [0.25, 0.3) is 0 Å². The second-order valence-electron chi connectivity index (χ2n) is 5.12. The van der Waals surface area contributed by atoms with E-state index in [0.717, 1.165) is 18.1 Å². The molecule has 0 spiro atoms. The summed E-state index contributed by atoms with van der Waals surface area (Å²) in [7, 11) is 0. The van der Waals surface area contributed by atoms with Crippen LogP contribution in [0.4, 0.5) is 0 Å². The van der Waals surface area contributed by atoms with Crippen molar-refractivity contribution in [2.75, 3.05) is 24.7 Å². The molecule has 17 heavy (non-hydrogen) atoms. The molecule has 1 aliphatic carbocycles. The molecule has 2 rings (SSSR count). The Morgan fingerprint density at radius 3 is 2.82 bits per heavy atom. The van der Waals surface area contributed by atoms with Crippen molar-refractivity contribution in [1.29, 1.82) is 0 Å². The lowest BCUT2D eigenvalue weighted by Crippen LogP contribution is -2.39. The third-order valence-corrected chi connectivity index (χ3v) is 4.75. The third kappa shape index (κ3) is 4.88. The smallest absolute Gasteiger partial charge is 0.307 e. The van der Waals surface area contributed by atoms with Crippen LogP contribution in [0.25, 0.3) is 0 Å². The van der Waals surface area contributed by atoms with E-state index in [2.05, 4.69) is 5.32 Å². The zero-order chi connectivity index (χ0) is 11.9. The average Bonchev–Trinajstić information content (AvgIpc) is 2.39. The predicted octanol–water partition coefficient (Wildman–Crippen LogP) is 2.20. The molecule has 1 aliphatic heterocycles. The minimum Gasteiger partial charge on any atom is -0.465 e. The van der Waals surface area contributed by atoms with Gasteiger partial charge in [0.15, 0.2) is 0 Å². The lowest BCUT2D eigenvalue weighted by atomic mass is 9.90. The fourth-order valence-electron chi connectivity index (χ4n) is 2.58. The number of esters is 1. The van der Waals surface area contributed by atoms with Gasteiger partial charge >= 0.3 is 5.97 Å². The van der Waals surface area contributed by atoms with Crippen molar-refractivity contribution < 1.29 is 9.53 Å². The van der Waals surface area contributed by atoms with Crippen molar-refractivity contribution in [3.63, 3.8) is 0 Å². The first-order valence-corrected chi connectivity index (χ1v) is 7.97. The van der Waals surface area contributed by atoms with Crippen LogP contribution in [0.3, 0.4) is 0 Å². The maximum absolute atomic E-state index is 11.7. The van der Waals surface area contributed by atoms with E-state index in [-0.39, 0.29) is 5.97 Å². The minimum absolute atomic E-state index is 0.0180. The first kappa shape index (κ1) is 13.2. The monoisotopic (exact) mass is 257 g/mol. The van der Waals surface area contributed by atoms with Crippen molar-refractivity contribution in [3.8, 4) is 0 Å². The lowest BCUT2D eigenvalue weighted by molar-refractivity contribution is -0.145. The molecule has 2 aliphatic rings. The van der Waals surface area contributed by atoms with E-state index in [1.165, 1.54) is 32.1 Å². The summed E-state index contributed by atoms with van der Waals surface area (Å²) in [6, 6.07) is 0.326. The molecule has 3 nitrogen and oxygen atoms in total. The van der Waals surface area contributed by atoms with Gasteiger partial charge in [0.05, 0.1) is 13.0 Å². The van der Waals surface area contributed by atoms with E-state index in [0.29, 0.717) is 25.0 Å². The van der Waals surface area contributed by atoms with E-state index in [1.807, 2.05) is 11.8 Å². The number of carbonyl (C=O) groups excluding carboxylic acids is 1. The third-order valence-electron chi connectivity index (χ3n) is 3.62. The van der Waals surface area contributed by atoms with Gasteiger partial charge in [0.2, 0.25) is 0 Å². The molecule has 1 atom stereocenters. The summed E-state index contributed by atoms with van der Waals surface area (Å²) in [6.45, 7) is 1.67. The van der Waals surface area contributed by atoms with Gasteiger partial charge in [-0.3, -0.25) is 4.79 Å². The molecule has 1 heterocycles. The van der Waals surface area contributed by atoms with Crippen molar-refractivity contribution >= 4 is 17.7 Å². The van der Waals surface area contributed by atoms with Crippen LogP contribution >= 0.6 is 11.8 Å². The summed E-state index contributed by atoms with van der Waals surface area (Å²) >= 11 is 1.92. The molecule has 0 bridgehead atoms. The number of hydrogen-bond donors (Lipinski definition) is 1. The maximum Gasteiger partial charge on any atom is 0.307 e. The summed E-state index contributed by atoms with van der Waals surface area (Å²) in [5, 5.41) is 3.37. The zero-order valence-electron chi connectivity index (χ0n) is 10.5. The van der Waals surface area contributed by atoms with E-state index >= 15 is 0 Å².